The van der Waals surface area contributed by atoms with Crippen LogP contribution in [0.4, 0.5) is 0 Å². The Morgan fingerprint density at radius 2 is 1.89 bits per heavy atom. The van der Waals surface area contributed by atoms with Gasteiger partial charge in [-0.25, -0.2) is 4.79 Å². The van der Waals surface area contributed by atoms with Crippen molar-refractivity contribution in [2.24, 2.45) is 0 Å². The number of benzene rings is 1. The molecule has 18 heavy (non-hydrogen) atoms. The maximum Gasteiger partial charge on any atom is 0.335 e. The summed E-state index contributed by atoms with van der Waals surface area (Å²) < 4.78 is 5.41. The molecular weight excluding hydrogens is 228 g/mol. The van der Waals surface area contributed by atoms with E-state index in [0.29, 0.717) is 11.3 Å². The summed E-state index contributed by atoms with van der Waals surface area (Å²) in [6, 6.07) is 3.82. The van der Waals surface area contributed by atoms with E-state index >= 15 is 0 Å². The second kappa shape index (κ2) is 4.84. The molecule has 0 atom stereocenters. The summed E-state index contributed by atoms with van der Waals surface area (Å²) in [7, 11) is 1.55. The Bertz CT molecular complexity index is 493. The largest absolute Gasteiger partial charge is 0.496 e. The van der Waals surface area contributed by atoms with Crippen molar-refractivity contribution in [1.82, 2.24) is 0 Å². The van der Waals surface area contributed by atoms with E-state index in [2.05, 4.69) is 27.4 Å². The monoisotopic (exact) mass is 248 g/mol. The molecule has 0 aliphatic carbocycles. The summed E-state index contributed by atoms with van der Waals surface area (Å²) in [6.45, 7) is 11.8. The number of methoxy groups -OCH3 is 1. The van der Waals surface area contributed by atoms with Gasteiger partial charge >= 0.3 is 5.97 Å². The molecule has 0 radical (unpaired) electrons. The quantitative estimate of drug-likeness (QED) is 0.834. The van der Waals surface area contributed by atoms with Gasteiger partial charge in [-0.1, -0.05) is 33.4 Å². The Morgan fingerprint density at radius 1 is 1.33 bits per heavy atom. The lowest BCUT2D eigenvalue weighted by Gasteiger charge is -2.24. The first-order chi connectivity index (χ1) is 8.18. The third kappa shape index (κ3) is 2.73. The fourth-order valence-corrected chi connectivity index (χ4v) is 1.89. The molecule has 98 valence electrons. The molecule has 1 aromatic carbocycles. The van der Waals surface area contributed by atoms with Crippen molar-refractivity contribution >= 4 is 11.5 Å². The molecule has 0 unspecified atom stereocenters. The predicted molar refractivity (Wildman–Crippen MR) is 73.1 cm³/mol. The van der Waals surface area contributed by atoms with Crippen LogP contribution in [-0.2, 0) is 10.2 Å². The molecule has 0 aromatic heterocycles. The molecule has 0 aliphatic rings. The van der Waals surface area contributed by atoms with Crippen molar-refractivity contribution in [3.8, 4) is 5.75 Å². The van der Waals surface area contributed by atoms with E-state index in [1.165, 1.54) is 0 Å². The Balaban J connectivity index is 3.58. The third-order valence-electron chi connectivity index (χ3n) is 2.83. The highest BCUT2D eigenvalue weighted by atomic mass is 16.5. The molecule has 0 aliphatic heterocycles. The normalized spacial score (nSPS) is 11.2. The lowest BCUT2D eigenvalue weighted by atomic mass is 9.83. The van der Waals surface area contributed by atoms with Crippen LogP contribution < -0.4 is 4.74 Å². The van der Waals surface area contributed by atoms with Crippen molar-refractivity contribution in [2.45, 2.75) is 33.1 Å². The second-order valence-electron chi connectivity index (χ2n) is 5.43. The number of carbonyl (C=O) groups is 1. The number of aryl methyl sites for hydroxylation is 1. The molecule has 0 amide bonds. The topological polar surface area (TPSA) is 46.5 Å². The number of carboxylic acid groups (broad SMARTS) is 1. The SMILES string of the molecule is C=C(C(=O)O)c1cc(C)cc(C(C)(C)C)c1OC. The van der Waals surface area contributed by atoms with Crippen molar-refractivity contribution in [2.75, 3.05) is 7.11 Å². The van der Waals surface area contributed by atoms with E-state index in [0.717, 1.165) is 11.1 Å². The van der Waals surface area contributed by atoms with Gasteiger partial charge in [-0.05, 0) is 24.0 Å². The number of hydrogen-bond donors (Lipinski definition) is 1. The van der Waals surface area contributed by atoms with Gasteiger partial charge in [-0.15, -0.1) is 0 Å². The van der Waals surface area contributed by atoms with Gasteiger partial charge in [-0.2, -0.15) is 0 Å². The van der Waals surface area contributed by atoms with Gasteiger partial charge in [0.2, 0.25) is 0 Å². The summed E-state index contributed by atoms with van der Waals surface area (Å²) in [5, 5.41) is 9.08. The van der Waals surface area contributed by atoms with Crippen LogP contribution in [0.15, 0.2) is 18.7 Å². The zero-order valence-electron chi connectivity index (χ0n) is 11.6. The molecule has 0 fully saturated rings. The van der Waals surface area contributed by atoms with Crippen molar-refractivity contribution in [3.05, 3.63) is 35.4 Å². The fourth-order valence-electron chi connectivity index (χ4n) is 1.89. The van der Waals surface area contributed by atoms with Crippen LogP contribution in [0.25, 0.3) is 5.57 Å². The van der Waals surface area contributed by atoms with Crippen LogP contribution in [0.1, 0.15) is 37.5 Å². The van der Waals surface area contributed by atoms with Gasteiger partial charge in [0.15, 0.2) is 0 Å². The molecule has 0 saturated heterocycles. The number of rotatable bonds is 3. The summed E-state index contributed by atoms with van der Waals surface area (Å²) >= 11 is 0. The van der Waals surface area contributed by atoms with Gasteiger partial charge < -0.3 is 9.84 Å². The van der Waals surface area contributed by atoms with E-state index in [1.54, 1.807) is 13.2 Å². The van der Waals surface area contributed by atoms with Crippen LogP contribution >= 0.6 is 0 Å². The standard InChI is InChI=1S/C15H20O3/c1-9-7-11(10(2)14(16)17)13(18-6)12(8-9)15(3,4)5/h7-8H,2H2,1,3-6H3,(H,16,17). The van der Waals surface area contributed by atoms with Crippen molar-refractivity contribution in [3.63, 3.8) is 0 Å². The molecule has 3 nitrogen and oxygen atoms in total. The average molecular weight is 248 g/mol. The number of hydrogen-bond acceptors (Lipinski definition) is 2. The summed E-state index contributed by atoms with van der Waals surface area (Å²) in [5.41, 5.74) is 2.47. The maximum absolute atomic E-state index is 11.1. The average Bonchev–Trinajstić information content (AvgIpc) is 2.25. The summed E-state index contributed by atoms with van der Waals surface area (Å²) in [4.78, 5) is 11.1. The van der Waals surface area contributed by atoms with Crippen molar-refractivity contribution in [1.29, 1.82) is 0 Å². The van der Waals surface area contributed by atoms with Crippen LogP contribution in [0.5, 0.6) is 5.75 Å². The van der Waals surface area contributed by atoms with E-state index < -0.39 is 5.97 Å². The van der Waals surface area contributed by atoms with Crippen LogP contribution in [-0.4, -0.2) is 18.2 Å². The fraction of sp³-hybridized carbons (Fsp3) is 0.400. The van der Waals surface area contributed by atoms with Crippen LogP contribution in [0.3, 0.4) is 0 Å². The number of aliphatic carboxylic acids is 1. The van der Waals surface area contributed by atoms with Gasteiger partial charge in [0, 0.05) is 11.1 Å². The Morgan fingerprint density at radius 3 is 2.28 bits per heavy atom. The summed E-state index contributed by atoms with van der Waals surface area (Å²) in [5.74, 6) is -0.431. The first-order valence-corrected chi connectivity index (χ1v) is 5.80. The Kier molecular flexibility index (Phi) is 3.85. The molecule has 0 saturated carbocycles. The zero-order valence-corrected chi connectivity index (χ0v) is 11.6. The highest BCUT2D eigenvalue weighted by molar-refractivity contribution is 6.15. The summed E-state index contributed by atoms with van der Waals surface area (Å²) in [6.07, 6.45) is 0. The predicted octanol–water partition coefficient (Wildman–Crippen LogP) is 3.40. The van der Waals surface area contributed by atoms with Crippen LogP contribution in [0, 0.1) is 6.92 Å². The zero-order chi connectivity index (χ0) is 14.1. The molecule has 1 rings (SSSR count). The number of ether oxygens (including phenoxy) is 1. The first-order valence-electron chi connectivity index (χ1n) is 5.80. The third-order valence-corrected chi connectivity index (χ3v) is 2.83. The maximum atomic E-state index is 11.1. The van der Waals surface area contributed by atoms with E-state index in [9.17, 15) is 4.79 Å². The molecular formula is C15H20O3. The van der Waals surface area contributed by atoms with Crippen LogP contribution in [0.2, 0.25) is 0 Å². The molecule has 1 aromatic rings. The van der Waals surface area contributed by atoms with E-state index in [1.807, 2.05) is 13.0 Å². The minimum Gasteiger partial charge on any atom is -0.496 e. The Labute approximate surface area is 108 Å². The van der Waals surface area contributed by atoms with Gasteiger partial charge in [-0.3, -0.25) is 0 Å². The molecule has 0 spiro atoms. The molecule has 3 heteroatoms. The highest BCUT2D eigenvalue weighted by Gasteiger charge is 2.24. The molecule has 0 bridgehead atoms. The molecule has 1 N–H and O–H groups in total. The van der Waals surface area contributed by atoms with Gasteiger partial charge in [0.25, 0.3) is 0 Å². The lowest BCUT2D eigenvalue weighted by molar-refractivity contribution is -0.130. The lowest BCUT2D eigenvalue weighted by Crippen LogP contribution is -2.15. The van der Waals surface area contributed by atoms with Gasteiger partial charge in [0.05, 0.1) is 12.7 Å². The number of carboxylic acids is 1. The van der Waals surface area contributed by atoms with Crippen molar-refractivity contribution < 1.29 is 14.6 Å². The van der Waals surface area contributed by atoms with E-state index in [-0.39, 0.29) is 11.0 Å². The second-order valence-corrected chi connectivity index (χ2v) is 5.43. The smallest absolute Gasteiger partial charge is 0.335 e. The highest BCUT2D eigenvalue weighted by Crippen LogP contribution is 2.37. The minimum absolute atomic E-state index is 0.0565. The molecule has 0 heterocycles. The minimum atomic E-state index is -1.03. The first kappa shape index (κ1) is 14.3. The Hall–Kier alpha value is -1.77. The van der Waals surface area contributed by atoms with E-state index in [4.69, 9.17) is 9.84 Å². The van der Waals surface area contributed by atoms with Gasteiger partial charge in [0.1, 0.15) is 5.75 Å².